The molecule has 0 aliphatic heterocycles. The summed E-state index contributed by atoms with van der Waals surface area (Å²) in [6.45, 7) is 4.71. The van der Waals surface area contributed by atoms with Crippen molar-refractivity contribution in [1.29, 1.82) is 0 Å². The summed E-state index contributed by atoms with van der Waals surface area (Å²) in [5.74, 6) is 0. The summed E-state index contributed by atoms with van der Waals surface area (Å²) in [7, 11) is 0. The molecule has 0 amide bonds. The molecule has 0 bridgehead atoms. The molecule has 0 N–H and O–H groups in total. The summed E-state index contributed by atoms with van der Waals surface area (Å²) < 4.78 is 9.16. The smallest absolute Gasteiger partial charge is 0.137 e. The van der Waals surface area contributed by atoms with E-state index in [0.29, 0.717) is 0 Å². The maximum absolute atomic E-state index is 6.77. The molecule has 1 aliphatic carbocycles. The van der Waals surface area contributed by atoms with Crippen molar-refractivity contribution in [1.82, 2.24) is 4.57 Å². The average molecular weight is 769 g/mol. The predicted octanol–water partition coefficient (Wildman–Crippen LogP) is 15.8. The van der Waals surface area contributed by atoms with Gasteiger partial charge in [0.2, 0.25) is 0 Å². The summed E-state index contributed by atoms with van der Waals surface area (Å²) in [6.07, 6.45) is 0. The van der Waals surface area contributed by atoms with Crippen molar-refractivity contribution in [2.45, 2.75) is 19.3 Å². The Kier molecular flexibility index (Phi) is 7.58. The van der Waals surface area contributed by atoms with Crippen LogP contribution in [0.3, 0.4) is 0 Å². The fourth-order valence-electron chi connectivity index (χ4n) is 10.1. The normalized spacial score (nSPS) is 13.0. The number of rotatable bonds is 6. The first-order valence-corrected chi connectivity index (χ1v) is 20.8. The van der Waals surface area contributed by atoms with Gasteiger partial charge in [-0.25, -0.2) is 0 Å². The lowest BCUT2D eigenvalue weighted by Crippen LogP contribution is -2.16. The number of para-hydroxylation sites is 2. The fourth-order valence-corrected chi connectivity index (χ4v) is 10.1. The van der Waals surface area contributed by atoms with Gasteiger partial charge in [0.1, 0.15) is 11.2 Å². The van der Waals surface area contributed by atoms with Gasteiger partial charge >= 0.3 is 0 Å². The maximum atomic E-state index is 6.77. The molecule has 12 rings (SSSR count). The first-order valence-electron chi connectivity index (χ1n) is 20.8. The lowest BCUT2D eigenvalue weighted by molar-refractivity contribution is 0.660. The van der Waals surface area contributed by atoms with Crippen molar-refractivity contribution in [2.75, 3.05) is 4.90 Å². The SMILES string of the molecule is CC1(C)c2ccccc2-c2c(N(c3cccc(-c4ccccc4)c3)c3cccc4oc5ccc(-c6cccc7c6c6ccccc6n7-c6ccccc6)cc5c34)cccc21. The van der Waals surface area contributed by atoms with E-state index in [1.807, 2.05) is 0 Å². The van der Waals surface area contributed by atoms with Gasteiger partial charge in [-0.1, -0.05) is 153 Å². The van der Waals surface area contributed by atoms with Gasteiger partial charge in [-0.3, -0.25) is 0 Å². The van der Waals surface area contributed by atoms with Gasteiger partial charge in [-0.15, -0.1) is 0 Å². The van der Waals surface area contributed by atoms with Crippen LogP contribution in [-0.4, -0.2) is 4.57 Å². The number of furan rings is 1. The molecule has 284 valence electrons. The molecule has 0 radical (unpaired) electrons. The van der Waals surface area contributed by atoms with Gasteiger partial charge in [-0.2, -0.15) is 0 Å². The van der Waals surface area contributed by atoms with E-state index in [2.05, 4.69) is 230 Å². The van der Waals surface area contributed by atoms with Crippen molar-refractivity contribution < 1.29 is 4.42 Å². The molecule has 0 saturated carbocycles. The topological polar surface area (TPSA) is 21.3 Å². The third-order valence-electron chi connectivity index (χ3n) is 12.8. The Balaban J connectivity index is 1.12. The van der Waals surface area contributed by atoms with Crippen LogP contribution < -0.4 is 4.90 Å². The largest absolute Gasteiger partial charge is 0.456 e. The van der Waals surface area contributed by atoms with E-state index >= 15 is 0 Å². The molecule has 11 aromatic rings. The maximum Gasteiger partial charge on any atom is 0.137 e. The minimum atomic E-state index is -0.145. The van der Waals surface area contributed by atoms with Crippen LogP contribution in [0.5, 0.6) is 0 Å². The Morgan fingerprint density at radius 3 is 1.98 bits per heavy atom. The van der Waals surface area contributed by atoms with Crippen molar-refractivity contribution in [3.8, 4) is 39.1 Å². The van der Waals surface area contributed by atoms with Crippen LogP contribution in [0, 0.1) is 0 Å². The Hall–Kier alpha value is -7.62. The molecule has 3 heteroatoms. The predicted molar refractivity (Wildman–Crippen MR) is 251 cm³/mol. The number of nitrogens with zero attached hydrogens (tertiary/aromatic N) is 2. The molecule has 60 heavy (non-hydrogen) atoms. The highest BCUT2D eigenvalue weighted by molar-refractivity contribution is 6.18. The molecule has 2 aromatic heterocycles. The second-order valence-corrected chi connectivity index (χ2v) is 16.5. The quantitative estimate of drug-likeness (QED) is 0.168. The standard InChI is InChI=1S/C57H40N2O/c1-57(2)46-26-11-9-23-43(46)55-47(57)27-15-30-50(55)59(41-22-13-19-38(35-41)37-17-5-3-6-18-37)51-31-16-32-53-56(51)45-36-39(33-34-52(45)60-53)42-25-14-29-49-54(42)44-24-10-12-28-48(44)58(49)40-20-7-4-8-21-40/h3-36H,1-2H3. The van der Waals surface area contributed by atoms with Crippen LogP contribution in [0.25, 0.3) is 82.8 Å². The van der Waals surface area contributed by atoms with Crippen LogP contribution in [0.1, 0.15) is 25.0 Å². The molecule has 9 aromatic carbocycles. The van der Waals surface area contributed by atoms with Gasteiger partial charge < -0.3 is 13.9 Å². The van der Waals surface area contributed by atoms with E-state index in [-0.39, 0.29) is 5.41 Å². The lowest BCUT2D eigenvalue weighted by Gasteiger charge is -2.29. The molecule has 0 saturated heterocycles. The van der Waals surface area contributed by atoms with E-state index in [9.17, 15) is 0 Å². The minimum absolute atomic E-state index is 0.145. The fraction of sp³-hybridized carbons (Fsp3) is 0.0526. The lowest BCUT2D eigenvalue weighted by atomic mass is 9.82. The first kappa shape index (κ1) is 34.4. The van der Waals surface area contributed by atoms with Crippen LogP contribution in [0.15, 0.2) is 211 Å². The number of hydrogen-bond donors (Lipinski definition) is 0. The molecule has 0 unspecified atom stereocenters. The Morgan fingerprint density at radius 1 is 0.433 bits per heavy atom. The highest BCUT2D eigenvalue weighted by atomic mass is 16.3. The number of hydrogen-bond acceptors (Lipinski definition) is 2. The van der Waals surface area contributed by atoms with Gasteiger partial charge in [0.05, 0.1) is 27.8 Å². The van der Waals surface area contributed by atoms with Crippen molar-refractivity contribution in [2.24, 2.45) is 0 Å². The third-order valence-corrected chi connectivity index (χ3v) is 12.8. The van der Waals surface area contributed by atoms with Crippen LogP contribution in [0.2, 0.25) is 0 Å². The minimum Gasteiger partial charge on any atom is -0.456 e. The van der Waals surface area contributed by atoms with Crippen molar-refractivity contribution >= 4 is 60.8 Å². The van der Waals surface area contributed by atoms with Gasteiger partial charge in [0.25, 0.3) is 0 Å². The molecule has 2 heterocycles. The van der Waals surface area contributed by atoms with Crippen LogP contribution >= 0.6 is 0 Å². The molecule has 1 aliphatic rings. The van der Waals surface area contributed by atoms with Crippen LogP contribution in [-0.2, 0) is 5.41 Å². The zero-order valence-electron chi connectivity index (χ0n) is 33.4. The van der Waals surface area contributed by atoms with Gasteiger partial charge in [0, 0.05) is 38.5 Å². The summed E-state index contributed by atoms with van der Waals surface area (Å²) in [5, 5.41) is 4.64. The number of anilines is 3. The second kappa shape index (κ2) is 13.2. The Labute approximate surface area is 349 Å². The highest BCUT2D eigenvalue weighted by Gasteiger charge is 2.38. The van der Waals surface area contributed by atoms with E-state index in [1.165, 1.54) is 60.8 Å². The van der Waals surface area contributed by atoms with Crippen molar-refractivity contribution in [3.05, 3.63) is 217 Å². The first-order chi connectivity index (χ1) is 29.5. The zero-order chi connectivity index (χ0) is 40.0. The zero-order valence-corrected chi connectivity index (χ0v) is 33.4. The van der Waals surface area contributed by atoms with Crippen molar-refractivity contribution in [3.63, 3.8) is 0 Å². The number of fused-ring (bicyclic) bond motifs is 9. The van der Waals surface area contributed by atoms with Crippen LogP contribution in [0.4, 0.5) is 17.1 Å². The van der Waals surface area contributed by atoms with E-state index in [4.69, 9.17) is 4.42 Å². The molecule has 0 atom stereocenters. The van der Waals surface area contributed by atoms with E-state index in [0.717, 1.165) is 50.3 Å². The molecular formula is C57H40N2O. The molecule has 3 nitrogen and oxygen atoms in total. The second-order valence-electron chi connectivity index (χ2n) is 16.5. The summed E-state index contributed by atoms with van der Waals surface area (Å²) >= 11 is 0. The number of benzene rings is 9. The Morgan fingerprint density at radius 2 is 1.10 bits per heavy atom. The summed E-state index contributed by atoms with van der Waals surface area (Å²) in [4.78, 5) is 2.47. The Bertz CT molecular complexity index is 3460. The molecule has 0 spiro atoms. The third kappa shape index (κ3) is 5.09. The summed E-state index contributed by atoms with van der Waals surface area (Å²) in [5.41, 5.74) is 18.3. The van der Waals surface area contributed by atoms with E-state index < -0.39 is 0 Å². The highest BCUT2D eigenvalue weighted by Crippen LogP contribution is 2.55. The monoisotopic (exact) mass is 768 g/mol. The van der Waals surface area contributed by atoms with Gasteiger partial charge in [0.15, 0.2) is 0 Å². The molecular weight excluding hydrogens is 729 g/mol. The average Bonchev–Trinajstić information content (AvgIpc) is 3.93. The number of aromatic nitrogens is 1. The van der Waals surface area contributed by atoms with E-state index in [1.54, 1.807) is 0 Å². The van der Waals surface area contributed by atoms with Gasteiger partial charge in [-0.05, 0) is 106 Å². The summed E-state index contributed by atoms with van der Waals surface area (Å²) in [6, 6.07) is 74.8. The molecule has 0 fully saturated rings.